The van der Waals surface area contributed by atoms with E-state index in [1.54, 1.807) is 26.8 Å². The molecule has 0 aliphatic carbocycles. The first-order chi connectivity index (χ1) is 8.58. The Morgan fingerprint density at radius 3 is 2.37 bits per heavy atom. The normalized spacial score (nSPS) is 12.3. The lowest BCUT2D eigenvalue weighted by Crippen LogP contribution is -2.31. The van der Waals surface area contributed by atoms with Crippen LogP contribution in [0.4, 0.5) is 5.69 Å². The molecule has 1 aromatic carbocycles. The highest BCUT2D eigenvalue weighted by Gasteiger charge is 2.24. The smallest absolute Gasteiger partial charge is 0.240 e. The number of amides is 1. The van der Waals surface area contributed by atoms with Gasteiger partial charge in [0.15, 0.2) is 0 Å². The Labute approximate surface area is 122 Å². The van der Waals surface area contributed by atoms with Crippen molar-refractivity contribution in [1.29, 1.82) is 0 Å². The molecule has 106 valence electrons. The summed E-state index contributed by atoms with van der Waals surface area (Å²) in [7, 11) is -2.18. The second-order valence-corrected chi connectivity index (χ2v) is 8.48. The topological polar surface area (TPSA) is 75.3 Å². The first-order valence-electron chi connectivity index (χ1n) is 5.62. The predicted octanol–water partition coefficient (Wildman–Crippen LogP) is 2.02. The molecule has 0 heterocycles. The molecular weight excluding hydrogens is 332 g/mol. The van der Waals surface area contributed by atoms with E-state index in [1.807, 2.05) is 0 Å². The number of aryl methyl sites for hydroxylation is 1. The van der Waals surface area contributed by atoms with Crippen molar-refractivity contribution in [2.24, 2.45) is 0 Å². The Kier molecular flexibility index (Phi) is 4.76. The van der Waals surface area contributed by atoms with Crippen LogP contribution in [0.25, 0.3) is 0 Å². The molecule has 0 spiro atoms. The van der Waals surface area contributed by atoms with Crippen LogP contribution in [-0.4, -0.2) is 25.7 Å². The van der Waals surface area contributed by atoms with Crippen molar-refractivity contribution in [2.45, 2.75) is 30.0 Å². The van der Waals surface area contributed by atoms with E-state index in [9.17, 15) is 13.2 Å². The molecule has 0 unspecified atom stereocenters. The number of sulfonamides is 1. The summed E-state index contributed by atoms with van der Waals surface area (Å²) in [5.74, 6) is -0.241. The summed E-state index contributed by atoms with van der Waals surface area (Å²) < 4.78 is 24.9. The molecular formula is C12H17BrN2O3S. The zero-order chi connectivity index (χ0) is 14.8. The van der Waals surface area contributed by atoms with Gasteiger partial charge < -0.3 is 5.32 Å². The van der Waals surface area contributed by atoms with Crippen molar-refractivity contribution in [3.8, 4) is 0 Å². The van der Waals surface area contributed by atoms with Crippen LogP contribution in [-0.2, 0) is 14.8 Å². The van der Waals surface area contributed by atoms with Gasteiger partial charge in [-0.2, -0.15) is 0 Å². The quantitative estimate of drug-likeness (QED) is 0.817. The van der Waals surface area contributed by atoms with Crippen molar-refractivity contribution < 1.29 is 13.2 Å². The van der Waals surface area contributed by atoms with Gasteiger partial charge in [0.1, 0.15) is 0 Å². The molecule has 19 heavy (non-hydrogen) atoms. The van der Waals surface area contributed by atoms with Gasteiger partial charge in [0.25, 0.3) is 0 Å². The number of hydrogen-bond donors (Lipinski definition) is 2. The van der Waals surface area contributed by atoms with E-state index >= 15 is 0 Å². The monoisotopic (exact) mass is 348 g/mol. The second-order valence-electron chi connectivity index (χ2n) is 4.61. The van der Waals surface area contributed by atoms with Crippen LogP contribution in [0.2, 0.25) is 0 Å². The molecule has 0 aromatic heterocycles. The lowest BCUT2D eigenvalue weighted by atomic mass is 10.1. The van der Waals surface area contributed by atoms with Crippen LogP contribution in [0.5, 0.6) is 0 Å². The third-order valence-corrected chi connectivity index (χ3v) is 4.35. The van der Waals surface area contributed by atoms with Gasteiger partial charge in [-0.3, -0.25) is 4.79 Å². The minimum atomic E-state index is -3.52. The summed E-state index contributed by atoms with van der Waals surface area (Å²) in [5.41, 5.74) is 1.27. The van der Waals surface area contributed by atoms with Gasteiger partial charge in [0, 0.05) is 5.69 Å². The number of alkyl halides is 1. The Hall–Kier alpha value is -0.920. The molecule has 0 fully saturated rings. The third-order valence-electron chi connectivity index (χ3n) is 2.58. The molecule has 5 nitrogen and oxygen atoms in total. The number of carbonyl (C=O) groups is 1. The molecule has 0 bridgehead atoms. The number of rotatable bonds is 4. The van der Waals surface area contributed by atoms with Gasteiger partial charge in [-0.15, -0.1) is 0 Å². The van der Waals surface area contributed by atoms with E-state index in [1.165, 1.54) is 19.2 Å². The molecule has 0 saturated heterocycles. The largest absolute Gasteiger partial charge is 0.325 e. The molecule has 7 heteroatoms. The van der Waals surface area contributed by atoms with E-state index in [-0.39, 0.29) is 10.8 Å². The highest BCUT2D eigenvalue weighted by Crippen LogP contribution is 2.23. The van der Waals surface area contributed by atoms with Gasteiger partial charge in [-0.1, -0.05) is 22.0 Å². The highest BCUT2D eigenvalue weighted by molar-refractivity contribution is 9.10. The van der Waals surface area contributed by atoms with E-state index in [2.05, 4.69) is 26.0 Å². The summed E-state index contributed by atoms with van der Waals surface area (Å²) >= 11 is 3.26. The third kappa shape index (κ3) is 4.02. The molecule has 1 aromatic rings. The Balaban J connectivity index is 3.16. The van der Waals surface area contributed by atoms with Crippen molar-refractivity contribution in [1.82, 2.24) is 4.72 Å². The summed E-state index contributed by atoms with van der Waals surface area (Å²) in [6.07, 6.45) is 0. The van der Waals surface area contributed by atoms with E-state index in [0.29, 0.717) is 5.69 Å². The predicted molar refractivity (Wildman–Crippen MR) is 79.1 cm³/mol. The minimum absolute atomic E-state index is 0.114. The van der Waals surface area contributed by atoms with Crippen LogP contribution in [0, 0.1) is 6.92 Å². The molecule has 1 rings (SSSR count). The van der Waals surface area contributed by atoms with Crippen LogP contribution in [0.1, 0.15) is 19.4 Å². The van der Waals surface area contributed by atoms with E-state index < -0.39 is 14.3 Å². The Morgan fingerprint density at radius 1 is 1.32 bits per heavy atom. The molecule has 0 atom stereocenters. The van der Waals surface area contributed by atoms with Crippen LogP contribution in [0.15, 0.2) is 23.1 Å². The Morgan fingerprint density at radius 2 is 1.89 bits per heavy atom. The number of halogens is 1. The standard InChI is InChI=1S/C12H17BrN2O3S/c1-8-5-6-9(19(17,18)14-4)7-10(8)15-11(16)12(2,3)13/h5-7,14H,1-4H3,(H,15,16). The van der Waals surface area contributed by atoms with Gasteiger partial charge >= 0.3 is 0 Å². The van der Waals surface area contributed by atoms with Crippen molar-refractivity contribution in [3.63, 3.8) is 0 Å². The lowest BCUT2D eigenvalue weighted by molar-refractivity contribution is -0.117. The Bertz CT molecular complexity index is 591. The lowest BCUT2D eigenvalue weighted by Gasteiger charge is -2.17. The van der Waals surface area contributed by atoms with Gasteiger partial charge in [-0.25, -0.2) is 13.1 Å². The average molecular weight is 349 g/mol. The van der Waals surface area contributed by atoms with Crippen LogP contribution >= 0.6 is 15.9 Å². The highest BCUT2D eigenvalue weighted by atomic mass is 79.9. The van der Waals surface area contributed by atoms with E-state index in [0.717, 1.165) is 5.56 Å². The fourth-order valence-corrected chi connectivity index (χ4v) is 2.15. The minimum Gasteiger partial charge on any atom is -0.325 e. The maximum atomic E-state index is 11.9. The van der Waals surface area contributed by atoms with Crippen molar-refractivity contribution in [3.05, 3.63) is 23.8 Å². The summed E-state index contributed by atoms with van der Waals surface area (Å²) in [6, 6.07) is 4.59. The maximum absolute atomic E-state index is 11.9. The van der Waals surface area contributed by atoms with E-state index in [4.69, 9.17) is 0 Å². The average Bonchev–Trinajstić information content (AvgIpc) is 2.30. The number of anilines is 1. The summed E-state index contributed by atoms with van der Waals surface area (Å²) in [6.45, 7) is 5.23. The number of benzene rings is 1. The van der Waals surface area contributed by atoms with Gasteiger partial charge in [0.2, 0.25) is 15.9 Å². The summed E-state index contributed by atoms with van der Waals surface area (Å²) in [5, 5.41) is 2.71. The number of nitrogens with one attached hydrogen (secondary N) is 2. The molecule has 1 amide bonds. The molecule has 2 N–H and O–H groups in total. The maximum Gasteiger partial charge on any atom is 0.240 e. The number of carbonyl (C=O) groups excluding carboxylic acids is 1. The fraction of sp³-hybridized carbons (Fsp3) is 0.417. The zero-order valence-corrected chi connectivity index (χ0v) is 13.6. The zero-order valence-electron chi connectivity index (χ0n) is 11.2. The van der Waals surface area contributed by atoms with Gasteiger partial charge in [0.05, 0.1) is 9.22 Å². The molecule has 0 aliphatic rings. The fourth-order valence-electron chi connectivity index (χ4n) is 1.29. The molecule has 0 aliphatic heterocycles. The van der Waals surface area contributed by atoms with Crippen molar-refractivity contribution >= 4 is 37.5 Å². The molecule has 0 saturated carbocycles. The first-order valence-corrected chi connectivity index (χ1v) is 7.90. The summed E-state index contributed by atoms with van der Waals surface area (Å²) in [4.78, 5) is 12.0. The molecule has 0 radical (unpaired) electrons. The van der Waals surface area contributed by atoms with Crippen molar-refractivity contribution in [2.75, 3.05) is 12.4 Å². The SMILES string of the molecule is CNS(=O)(=O)c1ccc(C)c(NC(=O)C(C)(C)Br)c1. The second kappa shape index (κ2) is 5.60. The first kappa shape index (κ1) is 16.1. The van der Waals surface area contributed by atoms with Gasteiger partial charge in [-0.05, 0) is 45.5 Å². The van der Waals surface area contributed by atoms with Crippen LogP contribution < -0.4 is 10.0 Å². The number of hydrogen-bond acceptors (Lipinski definition) is 3. The van der Waals surface area contributed by atoms with Crippen LogP contribution in [0.3, 0.4) is 0 Å².